The summed E-state index contributed by atoms with van der Waals surface area (Å²) in [6.07, 6.45) is 5.95. The van der Waals surface area contributed by atoms with Gasteiger partial charge in [-0.15, -0.1) is 0 Å². The fourth-order valence-electron chi connectivity index (χ4n) is 2.84. The molecule has 2 atom stereocenters. The van der Waals surface area contributed by atoms with Crippen LogP contribution in [-0.2, 0) is 9.59 Å². The van der Waals surface area contributed by atoms with Crippen molar-refractivity contribution in [2.24, 2.45) is 5.92 Å². The number of halogens is 1. The second-order valence-electron chi connectivity index (χ2n) is 6.20. The number of carboxylic acids is 1. The highest BCUT2D eigenvalue weighted by Crippen LogP contribution is 2.47. The van der Waals surface area contributed by atoms with E-state index in [1.165, 1.54) is 5.56 Å². The Kier molecular flexibility index (Phi) is 7.09. The fraction of sp³-hybridized carbons (Fsp3) is 0.556. The largest absolute Gasteiger partial charge is 0.481 e. The Labute approximate surface area is 145 Å². The molecule has 1 aromatic rings. The average Bonchev–Trinajstić information content (AvgIpc) is 3.31. The van der Waals surface area contributed by atoms with Crippen molar-refractivity contribution in [3.8, 4) is 0 Å². The molecule has 4 nitrogen and oxygen atoms in total. The normalized spacial score (nSPS) is 19.3. The molecule has 5 heteroatoms. The van der Waals surface area contributed by atoms with Crippen LogP contribution in [0.15, 0.2) is 28.7 Å². The van der Waals surface area contributed by atoms with Gasteiger partial charge in [0.25, 0.3) is 0 Å². The molecular weight excluding hydrogens is 358 g/mol. The third kappa shape index (κ3) is 6.34. The van der Waals surface area contributed by atoms with E-state index >= 15 is 0 Å². The maximum Gasteiger partial charge on any atom is 0.303 e. The summed E-state index contributed by atoms with van der Waals surface area (Å²) in [7, 11) is 0. The topological polar surface area (TPSA) is 66.4 Å². The predicted molar refractivity (Wildman–Crippen MR) is 93.3 cm³/mol. The van der Waals surface area contributed by atoms with Crippen molar-refractivity contribution in [3.05, 3.63) is 34.3 Å². The van der Waals surface area contributed by atoms with Crippen LogP contribution in [0.1, 0.15) is 56.4 Å². The van der Waals surface area contributed by atoms with Gasteiger partial charge in [0.15, 0.2) is 0 Å². The van der Waals surface area contributed by atoms with Crippen LogP contribution in [0.5, 0.6) is 0 Å². The summed E-state index contributed by atoms with van der Waals surface area (Å²) >= 11 is 3.42. The van der Waals surface area contributed by atoms with Crippen molar-refractivity contribution in [1.29, 1.82) is 0 Å². The van der Waals surface area contributed by atoms with E-state index in [1.54, 1.807) is 0 Å². The molecule has 1 aliphatic rings. The summed E-state index contributed by atoms with van der Waals surface area (Å²) in [6.45, 7) is 0.724. The minimum atomic E-state index is -0.720. The molecule has 0 heterocycles. The van der Waals surface area contributed by atoms with Gasteiger partial charge in [-0.2, -0.15) is 0 Å². The lowest BCUT2D eigenvalue weighted by molar-refractivity contribution is -0.137. The molecule has 23 heavy (non-hydrogen) atoms. The lowest BCUT2D eigenvalue weighted by Crippen LogP contribution is -2.26. The van der Waals surface area contributed by atoms with E-state index in [0.29, 0.717) is 5.92 Å². The van der Waals surface area contributed by atoms with E-state index < -0.39 is 5.97 Å². The SMILES string of the molecule is O=C(O)CCCCCCCNC(=O)C1CC1c1ccc(Br)cc1. The summed E-state index contributed by atoms with van der Waals surface area (Å²) in [6, 6.07) is 8.21. The standard InChI is InChI=1S/C18H24BrNO3/c19-14-9-7-13(8-10-14)15-12-16(15)18(23)20-11-5-3-1-2-4-6-17(21)22/h7-10,15-16H,1-6,11-12H2,(H,20,23)(H,21,22). The number of carboxylic acid groups (broad SMARTS) is 1. The van der Waals surface area contributed by atoms with Gasteiger partial charge < -0.3 is 10.4 Å². The number of rotatable bonds is 10. The lowest BCUT2D eigenvalue weighted by Gasteiger charge is -2.05. The zero-order valence-electron chi connectivity index (χ0n) is 13.3. The van der Waals surface area contributed by atoms with Crippen molar-refractivity contribution >= 4 is 27.8 Å². The van der Waals surface area contributed by atoms with Gasteiger partial charge in [-0.25, -0.2) is 0 Å². The van der Waals surface area contributed by atoms with Crippen LogP contribution < -0.4 is 5.32 Å². The molecular formula is C18H24BrNO3. The van der Waals surface area contributed by atoms with E-state index in [2.05, 4.69) is 33.4 Å². The maximum absolute atomic E-state index is 12.1. The molecule has 1 fully saturated rings. The second-order valence-corrected chi connectivity index (χ2v) is 7.12. The highest BCUT2D eigenvalue weighted by atomic mass is 79.9. The number of aliphatic carboxylic acids is 1. The molecule has 126 valence electrons. The minimum Gasteiger partial charge on any atom is -0.481 e. The summed E-state index contributed by atoms with van der Waals surface area (Å²) in [5.41, 5.74) is 1.24. The Morgan fingerprint density at radius 2 is 1.74 bits per heavy atom. The summed E-state index contributed by atoms with van der Waals surface area (Å²) < 4.78 is 1.06. The quantitative estimate of drug-likeness (QED) is 0.599. The number of nitrogens with one attached hydrogen (secondary N) is 1. The lowest BCUT2D eigenvalue weighted by atomic mass is 10.1. The molecule has 0 aliphatic heterocycles. The van der Waals surface area contributed by atoms with E-state index in [9.17, 15) is 9.59 Å². The Morgan fingerprint density at radius 3 is 2.43 bits per heavy atom. The molecule has 1 amide bonds. The van der Waals surface area contributed by atoms with E-state index in [1.807, 2.05) is 12.1 Å². The molecule has 0 bridgehead atoms. The first-order valence-corrected chi connectivity index (χ1v) is 9.12. The number of unbranched alkanes of at least 4 members (excludes halogenated alkanes) is 4. The molecule has 0 saturated heterocycles. The zero-order valence-corrected chi connectivity index (χ0v) is 14.8. The van der Waals surface area contributed by atoms with Crippen LogP contribution in [0, 0.1) is 5.92 Å². The highest BCUT2D eigenvalue weighted by Gasteiger charge is 2.43. The fourth-order valence-corrected chi connectivity index (χ4v) is 3.10. The van der Waals surface area contributed by atoms with Crippen molar-refractivity contribution in [2.75, 3.05) is 6.54 Å². The third-order valence-corrected chi connectivity index (χ3v) is 4.82. The third-order valence-electron chi connectivity index (χ3n) is 4.29. The van der Waals surface area contributed by atoms with Crippen molar-refractivity contribution in [1.82, 2.24) is 5.32 Å². The minimum absolute atomic E-state index is 0.131. The molecule has 2 unspecified atom stereocenters. The Morgan fingerprint density at radius 1 is 1.09 bits per heavy atom. The van der Waals surface area contributed by atoms with Crippen molar-refractivity contribution < 1.29 is 14.7 Å². The van der Waals surface area contributed by atoms with Crippen LogP contribution in [0.3, 0.4) is 0 Å². The van der Waals surface area contributed by atoms with Gasteiger partial charge in [0.2, 0.25) is 5.91 Å². The van der Waals surface area contributed by atoms with Gasteiger partial charge >= 0.3 is 5.97 Å². The molecule has 1 aromatic carbocycles. The number of carbonyl (C=O) groups is 2. The van der Waals surface area contributed by atoms with Gasteiger partial charge in [-0.1, -0.05) is 47.3 Å². The number of carbonyl (C=O) groups excluding carboxylic acids is 1. The molecule has 0 radical (unpaired) electrons. The van der Waals surface area contributed by atoms with Crippen LogP contribution >= 0.6 is 15.9 Å². The molecule has 2 rings (SSSR count). The van der Waals surface area contributed by atoms with Gasteiger partial charge in [-0.05, 0) is 42.9 Å². The van der Waals surface area contributed by atoms with Gasteiger partial charge in [0, 0.05) is 23.4 Å². The first kappa shape index (κ1) is 18.0. The molecule has 0 spiro atoms. The predicted octanol–water partition coefficient (Wildman–Crippen LogP) is 4.09. The maximum atomic E-state index is 12.1. The summed E-state index contributed by atoms with van der Waals surface area (Å²) in [5, 5.41) is 11.6. The summed E-state index contributed by atoms with van der Waals surface area (Å²) in [4.78, 5) is 22.5. The van der Waals surface area contributed by atoms with Crippen LogP contribution in [0.25, 0.3) is 0 Å². The Hall–Kier alpha value is -1.36. The van der Waals surface area contributed by atoms with E-state index in [0.717, 1.165) is 49.5 Å². The van der Waals surface area contributed by atoms with Crippen LogP contribution in [0.4, 0.5) is 0 Å². The van der Waals surface area contributed by atoms with Gasteiger partial charge in [-0.3, -0.25) is 9.59 Å². The number of hydrogen-bond donors (Lipinski definition) is 2. The van der Waals surface area contributed by atoms with Crippen LogP contribution in [-0.4, -0.2) is 23.5 Å². The van der Waals surface area contributed by atoms with E-state index in [-0.39, 0.29) is 18.2 Å². The highest BCUT2D eigenvalue weighted by molar-refractivity contribution is 9.10. The monoisotopic (exact) mass is 381 g/mol. The Balaban J connectivity index is 1.53. The van der Waals surface area contributed by atoms with Crippen molar-refractivity contribution in [2.45, 2.75) is 50.9 Å². The van der Waals surface area contributed by atoms with Crippen LogP contribution in [0.2, 0.25) is 0 Å². The number of amides is 1. The average molecular weight is 382 g/mol. The van der Waals surface area contributed by atoms with Gasteiger partial charge in [0.05, 0.1) is 0 Å². The Bertz CT molecular complexity index is 530. The molecule has 2 N–H and O–H groups in total. The first-order valence-electron chi connectivity index (χ1n) is 8.33. The van der Waals surface area contributed by atoms with E-state index in [4.69, 9.17) is 5.11 Å². The first-order chi connectivity index (χ1) is 11.1. The molecule has 0 aromatic heterocycles. The zero-order chi connectivity index (χ0) is 16.7. The molecule has 1 aliphatic carbocycles. The van der Waals surface area contributed by atoms with Crippen molar-refractivity contribution in [3.63, 3.8) is 0 Å². The summed E-state index contributed by atoms with van der Waals surface area (Å²) in [5.74, 6) is -0.0447. The molecule has 1 saturated carbocycles. The second kappa shape index (κ2) is 9.06. The number of benzene rings is 1. The van der Waals surface area contributed by atoms with Gasteiger partial charge in [0.1, 0.15) is 0 Å². The smallest absolute Gasteiger partial charge is 0.303 e. The number of hydrogen-bond acceptors (Lipinski definition) is 2.